The van der Waals surface area contributed by atoms with E-state index in [2.05, 4.69) is 0 Å². The van der Waals surface area contributed by atoms with Crippen molar-refractivity contribution in [3.63, 3.8) is 0 Å². The van der Waals surface area contributed by atoms with Crippen LogP contribution in [0.25, 0.3) is 0 Å². The van der Waals surface area contributed by atoms with E-state index < -0.39 is 6.29 Å². The lowest BCUT2D eigenvalue weighted by atomic mass is 10.1. The van der Waals surface area contributed by atoms with E-state index in [0.29, 0.717) is 5.56 Å². The van der Waals surface area contributed by atoms with Gasteiger partial charge in [-0.2, -0.15) is 0 Å². The zero-order valence-corrected chi connectivity index (χ0v) is 10.4. The van der Waals surface area contributed by atoms with Crippen LogP contribution in [0, 0.1) is 0 Å². The van der Waals surface area contributed by atoms with E-state index in [1.165, 1.54) is 19.2 Å². The van der Waals surface area contributed by atoms with Gasteiger partial charge in [0, 0.05) is 12.7 Å². The third-order valence-corrected chi connectivity index (χ3v) is 2.57. The van der Waals surface area contributed by atoms with Gasteiger partial charge in [0.05, 0.1) is 0 Å². The Bertz CT molecular complexity index is 551. The maximum Gasteiger partial charge on any atom is 0.264 e. The molecule has 1 unspecified atom stereocenters. The number of hydrogen-bond acceptors (Lipinski definition) is 3. The molecule has 0 saturated heterocycles. The highest BCUT2D eigenvalue weighted by atomic mass is 16.7. The summed E-state index contributed by atoms with van der Waals surface area (Å²) in [6.07, 6.45) is -1.13. The van der Waals surface area contributed by atoms with E-state index >= 15 is 0 Å². The lowest BCUT2D eigenvalue weighted by Gasteiger charge is -2.16. The summed E-state index contributed by atoms with van der Waals surface area (Å²) in [5, 5.41) is 11.5. The van der Waals surface area contributed by atoms with Crippen LogP contribution in [0.2, 0.25) is 0 Å². The Balaban J connectivity index is 2.17. The topological polar surface area (TPSA) is 55.4 Å². The second-order valence-corrected chi connectivity index (χ2v) is 3.86. The van der Waals surface area contributed by atoms with Crippen molar-refractivity contribution in [3.8, 4) is 11.5 Å². The van der Waals surface area contributed by atoms with Crippen molar-refractivity contribution in [2.45, 2.75) is 6.29 Å². The normalized spacial score (nSPS) is 11.8. The van der Waals surface area contributed by atoms with Gasteiger partial charge < -0.3 is 9.47 Å². The third kappa shape index (κ3) is 3.11. The molecule has 0 N–H and O–H groups in total. The quantitative estimate of drug-likeness (QED) is 0.611. The Morgan fingerprint density at radius 1 is 1.00 bits per heavy atom. The highest BCUT2D eigenvalue weighted by Crippen LogP contribution is 2.27. The molecule has 4 heteroatoms. The first-order valence-electron chi connectivity index (χ1n) is 5.77. The van der Waals surface area contributed by atoms with Crippen LogP contribution >= 0.6 is 0 Å². The molecule has 0 heterocycles. The van der Waals surface area contributed by atoms with E-state index in [9.17, 15) is 9.90 Å². The maximum atomic E-state index is 12.1. The van der Waals surface area contributed by atoms with Crippen LogP contribution in [-0.2, 0) is 9.84 Å². The standard InChI is InChI=1S/C15H13O4/c1-18-15(14(17)11-7-3-2-4-8-11)19-13-10-6-5-9-12(13)16/h2-10,15H,1H3. The predicted molar refractivity (Wildman–Crippen MR) is 68.8 cm³/mol. The number of hydrogen-bond donors (Lipinski definition) is 0. The van der Waals surface area contributed by atoms with Crippen molar-refractivity contribution in [3.05, 3.63) is 60.2 Å². The van der Waals surface area contributed by atoms with Gasteiger partial charge in [-0.1, -0.05) is 42.5 Å². The molecule has 0 aliphatic carbocycles. The highest BCUT2D eigenvalue weighted by molar-refractivity contribution is 5.98. The summed E-state index contributed by atoms with van der Waals surface area (Å²) in [5.41, 5.74) is 0.470. The highest BCUT2D eigenvalue weighted by Gasteiger charge is 2.22. The summed E-state index contributed by atoms with van der Waals surface area (Å²) < 4.78 is 10.3. The maximum absolute atomic E-state index is 12.1. The summed E-state index contributed by atoms with van der Waals surface area (Å²) in [5.74, 6) is -0.518. The molecule has 1 atom stereocenters. The van der Waals surface area contributed by atoms with Gasteiger partial charge in [-0.05, 0) is 12.1 Å². The minimum atomic E-state index is -1.13. The molecule has 0 aromatic heterocycles. The van der Waals surface area contributed by atoms with E-state index in [1.807, 2.05) is 6.07 Å². The molecule has 0 spiro atoms. The van der Waals surface area contributed by atoms with Gasteiger partial charge in [-0.3, -0.25) is 9.90 Å². The Morgan fingerprint density at radius 2 is 1.63 bits per heavy atom. The van der Waals surface area contributed by atoms with Crippen LogP contribution in [0.1, 0.15) is 10.4 Å². The van der Waals surface area contributed by atoms with Gasteiger partial charge in [0.25, 0.3) is 6.29 Å². The first-order chi connectivity index (χ1) is 9.22. The molecule has 0 fully saturated rings. The van der Waals surface area contributed by atoms with Crippen LogP contribution in [0.15, 0.2) is 54.6 Å². The monoisotopic (exact) mass is 257 g/mol. The van der Waals surface area contributed by atoms with Gasteiger partial charge in [0.15, 0.2) is 5.75 Å². The first kappa shape index (κ1) is 13.1. The zero-order valence-electron chi connectivity index (χ0n) is 10.4. The van der Waals surface area contributed by atoms with Crippen molar-refractivity contribution in [2.75, 3.05) is 7.11 Å². The number of rotatable bonds is 5. The minimum Gasteiger partial charge on any atom is -0.453 e. The van der Waals surface area contributed by atoms with E-state index in [0.717, 1.165) is 0 Å². The Labute approximate surface area is 111 Å². The Hall–Kier alpha value is -2.33. The van der Waals surface area contributed by atoms with Gasteiger partial charge in [-0.15, -0.1) is 0 Å². The predicted octanol–water partition coefficient (Wildman–Crippen LogP) is 3.06. The average molecular weight is 257 g/mol. The van der Waals surface area contributed by atoms with Crippen molar-refractivity contribution in [1.82, 2.24) is 0 Å². The Kier molecular flexibility index (Phi) is 4.15. The van der Waals surface area contributed by atoms with Crippen LogP contribution in [0.4, 0.5) is 0 Å². The van der Waals surface area contributed by atoms with E-state index in [4.69, 9.17) is 9.47 Å². The van der Waals surface area contributed by atoms with Gasteiger partial charge >= 0.3 is 0 Å². The molecular formula is C15H13O4. The number of Topliss-reactive ketones (excluding diaryl/α,β-unsaturated/α-hetero) is 1. The largest absolute Gasteiger partial charge is 0.453 e. The van der Waals surface area contributed by atoms with Crippen molar-refractivity contribution in [2.24, 2.45) is 0 Å². The fourth-order valence-electron chi connectivity index (χ4n) is 1.61. The lowest BCUT2D eigenvalue weighted by molar-refractivity contribution is -0.0332. The summed E-state index contributed by atoms with van der Waals surface area (Å²) in [7, 11) is 1.36. The molecule has 0 aliphatic rings. The number of carbonyl (C=O) groups excluding carboxylic acids is 1. The molecule has 1 radical (unpaired) electrons. The van der Waals surface area contributed by atoms with Crippen molar-refractivity contribution < 1.29 is 19.4 Å². The van der Waals surface area contributed by atoms with E-state index in [1.54, 1.807) is 36.4 Å². The molecule has 0 aliphatic heterocycles. The zero-order chi connectivity index (χ0) is 13.7. The number of carbonyl (C=O) groups is 1. The minimum absolute atomic E-state index is 0.0960. The SMILES string of the molecule is COC(Oc1ccccc1[O])C(=O)c1ccccc1. The van der Waals surface area contributed by atoms with Gasteiger partial charge in [0.2, 0.25) is 11.5 Å². The van der Waals surface area contributed by atoms with Crippen LogP contribution in [-0.4, -0.2) is 19.2 Å². The van der Waals surface area contributed by atoms with Crippen molar-refractivity contribution >= 4 is 5.78 Å². The first-order valence-corrected chi connectivity index (χ1v) is 5.77. The van der Waals surface area contributed by atoms with E-state index in [-0.39, 0.29) is 17.3 Å². The smallest absolute Gasteiger partial charge is 0.264 e. The molecule has 2 rings (SSSR count). The summed E-state index contributed by atoms with van der Waals surface area (Å²) in [6, 6.07) is 14.8. The molecule has 2 aromatic rings. The molecule has 4 nitrogen and oxygen atoms in total. The van der Waals surface area contributed by atoms with Gasteiger partial charge in [-0.25, -0.2) is 0 Å². The molecule has 97 valence electrons. The number of ketones is 1. The molecule has 19 heavy (non-hydrogen) atoms. The second kappa shape index (κ2) is 6.02. The number of methoxy groups -OCH3 is 1. The number of para-hydroxylation sites is 2. The summed E-state index contributed by atoms with van der Waals surface area (Å²) >= 11 is 0. The summed E-state index contributed by atoms with van der Waals surface area (Å²) in [4.78, 5) is 12.1. The lowest BCUT2D eigenvalue weighted by Crippen LogP contribution is -2.29. The molecular weight excluding hydrogens is 244 g/mol. The number of benzene rings is 2. The third-order valence-electron chi connectivity index (χ3n) is 2.57. The number of ether oxygens (including phenoxy) is 2. The average Bonchev–Trinajstić information content (AvgIpc) is 2.47. The van der Waals surface area contributed by atoms with Crippen molar-refractivity contribution in [1.29, 1.82) is 0 Å². The second-order valence-electron chi connectivity index (χ2n) is 3.86. The van der Waals surface area contributed by atoms with Crippen LogP contribution < -0.4 is 4.74 Å². The van der Waals surface area contributed by atoms with Crippen LogP contribution in [0.3, 0.4) is 0 Å². The fraction of sp³-hybridized carbons (Fsp3) is 0.133. The molecule has 0 amide bonds. The fourth-order valence-corrected chi connectivity index (χ4v) is 1.61. The molecule has 0 saturated carbocycles. The van der Waals surface area contributed by atoms with Crippen LogP contribution in [0.5, 0.6) is 11.5 Å². The molecule has 0 bridgehead atoms. The summed E-state index contributed by atoms with van der Waals surface area (Å²) in [6.45, 7) is 0. The molecule has 2 aromatic carbocycles. The van der Waals surface area contributed by atoms with Gasteiger partial charge in [0.1, 0.15) is 0 Å². The Morgan fingerprint density at radius 3 is 2.26 bits per heavy atom.